The minimum absolute atomic E-state index is 0.189. The molecule has 0 saturated carbocycles. The van der Waals surface area contributed by atoms with Crippen LogP contribution in [0.4, 0.5) is 0 Å². The number of hydrogen-bond acceptors (Lipinski definition) is 5. The highest BCUT2D eigenvalue weighted by Gasteiger charge is 2.27. The summed E-state index contributed by atoms with van der Waals surface area (Å²) in [5.41, 5.74) is 0. The van der Waals surface area contributed by atoms with Crippen LogP contribution in [0, 0.1) is 0 Å². The predicted molar refractivity (Wildman–Crippen MR) is 60.4 cm³/mol. The molecule has 0 unspecified atom stereocenters. The molecule has 0 amide bonds. The van der Waals surface area contributed by atoms with Crippen molar-refractivity contribution in [1.82, 2.24) is 4.72 Å². The highest BCUT2D eigenvalue weighted by molar-refractivity contribution is 8.13. The van der Waals surface area contributed by atoms with Crippen LogP contribution in [0.15, 0.2) is 0 Å². The lowest BCUT2D eigenvalue weighted by molar-refractivity contribution is 0.0981. The van der Waals surface area contributed by atoms with Gasteiger partial charge in [-0.3, -0.25) is 0 Å². The van der Waals surface area contributed by atoms with Crippen molar-refractivity contribution >= 4 is 29.8 Å². The number of hydrogen-bond donors (Lipinski definition) is 1. The molecule has 0 aliphatic carbocycles. The first kappa shape index (κ1) is 14.2. The fourth-order valence-corrected chi connectivity index (χ4v) is 3.55. The van der Waals surface area contributed by atoms with E-state index < -0.39 is 30.1 Å². The highest BCUT2D eigenvalue weighted by atomic mass is 35.7. The van der Waals surface area contributed by atoms with Crippen LogP contribution in [0.1, 0.15) is 12.8 Å². The maximum atomic E-state index is 11.7. The third-order valence-corrected chi connectivity index (χ3v) is 5.37. The normalized spacial score (nSPS) is 19.8. The van der Waals surface area contributed by atoms with Crippen LogP contribution in [0.25, 0.3) is 0 Å². The van der Waals surface area contributed by atoms with Crippen molar-refractivity contribution in [3.63, 3.8) is 0 Å². The Morgan fingerprint density at radius 1 is 1.19 bits per heavy atom. The summed E-state index contributed by atoms with van der Waals surface area (Å²) in [6.45, 7) is 0.643. The lowest BCUT2D eigenvalue weighted by Gasteiger charge is -2.22. The molecule has 1 saturated heterocycles. The van der Waals surface area contributed by atoms with Crippen LogP contribution >= 0.6 is 10.7 Å². The van der Waals surface area contributed by atoms with Crippen molar-refractivity contribution in [2.45, 2.75) is 18.1 Å². The number of rotatable bonds is 5. The van der Waals surface area contributed by atoms with E-state index in [1.165, 1.54) is 0 Å². The molecule has 9 heteroatoms. The van der Waals surface area contributed by atoms with E-state index in [-0.39, 0.29) is 6.54 Å². The molecule has 0 atom stereocenters. The zero-order valence-corrected chi connectivity index (χ0v) is 10.9. The van der Waals surface area contributed by atoms with Gasteiger partial charge in [0.25, 0.3) is 0 Å². The molecular formula is C7H14ClNO5S2. The van der Waals surface area contributed by atoms with Crippen LogP contribution in [0.2, 0.25) is 0 Å². The topological polar surface area (TPSA) is 89.5 Å². The van der Waals surface area contributed by atoms with E-state index in [0.29, 0.717) is 26.1 Å². The fourth-order valence-electron chi connectivity index (χ4n) is 1.41. The smallest absolute Gasteiger partial charge is 0.233 e. The second kappa shape index (κ2) is 5.63. The molecule has 6 nitrogen and oxygen atoms in total. The van der Waals surface area contributed by atoms with Crippen LogP contribution in [-0.2, 0) is 23.8 Å². The van der Waals surface area contributed by atoms with Gasteiger partial charge in [0.2, 0.25) is 19.1 Å². The molecule has 0 aromatic rings. The molecule has 0 spiro atoms. The average Bonchev–Trinajstić information content (AvgIpc) is 2.17. The number of halogens is 1. The van der Waals surface area contributed by atoms with E-state index in [2.05, 4.69) is 4.72 Å². The Labute approximate surface area is 99.8 Å². The van der Waals surface area contributed by atoms with E-state index >= 15 is 0 Å². The SMILES string of the molecule is O=S(=O)(Cl)CCNS(=O)(=O)C1CCOCC1. The fraction of sp³-hybridized carbons (Fsp3) is 1.00. The minimum Gasteiger partial charge on any atom is -0.381 e. The number of sulfonamides is 1. The number of ether oxygens (including phenoxy) is 1. The Morgan fingerprint density at radius 2 is 1.75 bits per heavy atom. The van der Waals surface area contributed by atoms with Gasteiger partial charge in [-0.05, 0) is 12.8 Å². The second-order valence-corrected chi connectivity index (χ2v) is 8.44. The van der Waals surface area contributed by atoms with E-state index in [4.69, 9.17) is 15.4 Å². The molecule has 0 radical (unpaired) electrons. The molecule has 1 aliphatic rings. The minimum atomic E-state index is -3.66. The van der Waals surface area contributed by atoms with Crippen molar-refractivity contribution in [3.8, 4) is 0 Å². The molecule has 0 aromatic carbocycles. The highest BCUT2D eigenvalue weighted by Crippen LogP contribution is 2.14. The number of nitrogens with one attached hydrogen (secondary N) is 1. The first-order chi connectivity index (χ1) is 7.31. The second-order valence-electron chi connectivity index (χ2n) is 3.49. The summed E-state index contributed by atoms with van der Waals surface area (Å²) in [7, 11) is -2.15. The first-order valence-electron chi connectivity index (χ1n) is 4.80. The quantitative estimate of drug-likeness (QED) is 0.700. The molecular weight excluding hydrogens is 278 g/mol. The van der Waals surface area contributed by atoms with Crippen LogP contribution in [-0.4, -0.2) is 47.6 Å². The Kier molecular flexibility index (Phi) is 4.99. The maximum absolute atomic E-state index is 11.7. The molecule has 16 heavy (non-hydrogen) atoms. The molecule has 1 aliphatic heterocycles. The molecule has 1 heterocycles. The largest absolute Gasteiger partial charge is 0.381 e. The lowest BCUT2D eigenvalue weighted by atomic mass is 10.2. The van der Waals surface area contributed by atoms with Gasteiger partial charge in [-0.2, -0.15) is 0 Å². The van der Waals surface area contributed by atoms with E-state index in [9.17, 15) is 16.8 Å². The van der Waals surface area contributed by atoms with E-state index in [1.54, 1.807) is 0 Å². The standard InChI is InChI=1S/C7H14ClNO5S2/c8-15(10,11)6-3-9-16(12,13)7-1-4-14-5-2-7/h7,9H,1-6H2. The summed E-state index contributed by atoms with van der Waals surface area (Å²) in [6.07, 6.45) is 0.867. The van der Waals surface area contributed by atoms with Gasteiger partial charge in [0.05, 0.1) is 11.0 Å². The van der Waals surface area contributed by atoms with Crippen molar-refractivity contribution < 1.29 is 21.6 Å². The lowest BCUT2D eigenvalue weighted by Crippen LogP contribution is -2.39. The van der Waals surface area contributed by atoms with Crippen LogP contribution in [0.5, 0.6) is 0 Å². The Morgan fingerprint density at radius 3 is 2.25 bits per heavy atom. The van der Waals surface area contributed by atoms with Crippen molar-refractivity contribution in [2.24, 2.45) is 0 Å². The summed E-state index contributed by atoms with van der Waals surface area (Å²) in [5.74, 6) is -0.406. The Hall–Kier alpha value is 0.110. The van der Waals surface area contributed by atoms with Crippen LogP contribution in [0.3, 0.4) is 0 Å². The first-order valence-corrected chi connectivity index (χ1v) is 8.82. The average molecular weight is 292 g/mol. The van der Waals surface area contributed by atoms with Crippen molar-refractivity contribution in [2.75, 3.05) is 25.5 Å². The summed E-state index contributed by atoms with van der Waals surface area (Å²) >= 11 is 0. The third-order valence-electron chi connectivity index (χ3n) is 2.26. The van der Waals surface area contributed by atoms with Gasteiger partial charge < -0.3 is 4.74 Å². The molecule has 1 fully saturated rings. The molecule has 0 aromatic heterocycles. The monoisotopic (exact) mass is 291 g/mol. The third kappa shape index (κ3) is 4.96. The van der Waals surface area contributed by atoms with E-state index in [1.807, 2.05) is 0 Å². The summed E-state index contributed by atoms with van der Waals surface area (Å²) in [5, 5.41) is -0.501. The Bertz CT molecular complexity index is 412. The van der Waals surface area contributed by atoms with Gasteiger partial charge in [-0.1, -0.05) is 0 Å². The van der Waals surface area contributed by atoms with Crippen LogP contribution < -0.4 is 4.72 Å². The van der Waals surface area contributed by atoms with Gasteiger partial charge >= 0.3 is 0 Å². The van der Waals surface area contributed by atoms with Gasteiger partial charge in [0, 0.05) is 30.4 Å². The zero-order valence-electron chi connectivity index (χ0n) is 8.56. The van der Waals surface area contributed by atoms with E-state index in [0.717, 1.165) is 0 Å². The Balaban J connectivity index is 2.45. The summed E-state index contributed by atoms with van der Waals surface area (Å²) in [4.78, 5) is 0. The predicted octanol–water partition coefficient (Wildman–Crippen LogP) is -0.347. The molecule has 0 bridgehead atoms. The van der Waals surface area contributed by atoms with Crippen molar-refractivity contribution in [3.05, 3.63) is 0 Å². The molecule has 1 N–H and O–H groups in total. The maximum Gasteiger partial charge on any atom is 0.233 e. The summed E-state index contributed by atoms with van der Waals surface area (Å²) < 4.78 is 51.8. The van der Waals surface area contributed by atoms with Gasteiger partial charge in [-0.25, -0.2) is 21.6 Å². The molecule has 96 valence electrons. The zero-order chi connectivity index (χ0) is 12.2. The van der Waals surface area contributed by atoms with Gasteiger partial charge in [0.15, 0.2) is 0 Å². The molecule has 1 rings (SSSR count). The van der Waals surface area contributed by atoms with Crippen molar-refractivity contribution in [1.29, 1.82) is 0 Å². The van der Waals surface area contributed by atoms with Gasteiger partial charge in [-0.15, -0.1) is 0 Å². The summed E-state index contributed by atoms with van der Waals surface area (Å²) in [6, 6.07) is 0. The van der Waals surface area contributed by atoms with Gasteiger partial charge in [0.1, 0.15) is 0 Å².